The number of nitrogens with one attached hydrogen (secondary N) is 1. The van der Waals surface area contributed by atoms with E-state index in [2.05, 4.69) is 8.91 Å². The summed E-state index contributed by atoms with van der Waals surface area (Å²) in [5.41, 5.74) is 2.37. The molecule has 0 saturated heterocycles. The minimum absolute atomic E-state index is 0. The first-order valence-corrected chi connectivity index (χ1v) is 6.63. The van der Waals surface area contributed by atoms with Crippen molar-refractivity contribution >= 4 is 16.0 Å². The number of anilines is 1. The van der Waals surface area contributed by atoms with E-state index in [1.807, 2.05) is 19.9 Å². The topological polar surface area (TPSA) is 75.6 Å². The van der Waals surface area contributed by atoms with Crippen molar-refractivity contribution in [2.45, 2.75) is 26.9 Å². The molecule has 0 spiro atoms. The molecule has 18 heavy (non-hydrogen) atoms. The van der Waals surface area contributed by atoms with E-state index < -0.39 is 16.4 Å². The second kappa shape index (κ2) is 7.47. The van der Waals surface area contributed by atoms with E-state index in [9.17, 15) is 8.42 Å². The molecule has 1 rings (SSSR count). The molecule has 0 fully saturated rings. The van der Waals surface area contributed by atoms with Gasteiger partial charge in [0.2, 0.25) is 0 Å². The summed E-state index contributed by atoms with van der Waals surface area (Å²) in [6, 6.07) is 5.35. The summed E-state index contributed by atoms with van der Waals surface area (Å²) in [4.78, 5) is 0. The summed E-state index contributed by atoms with van der Waals surface area (Å²) in [6.07, 6.45) is -0.828. The van der Waals surface area contributed by atoms with Crippen molar-refractivity contribution in [1.82, 2.24) is 0 Å². The first-order chi connectivity index (χ1) is 7.78. The van der Waals surface area contributed by atoms with Gasteiger partial charge in [-0.05, 0) is 44.0 Å². The smallest absolute Gasteiger partial charge is 1.00 e. The van der Waals surface area contributed by atoms with Crippen molar-refractivity contribution < 1.29 is 48.7 Å². The Balaban J connectivity index is 0. The molecular formula is C11H18NNaO4S. The average molecular weight is 283 g/mol. The molecule has 0 aromatic heterocycles. The zero-order chi connectivity index (χ0) is 13.1. The maximum atomic E-state index is 11.5. The van der Waals surface area contributed by atoms with Gasteiger partial charge < -0.3 is 6.53 Å². The van der Waals surface area contributed by atoms with Crippen LogP contribution < -0.4 is 34.3 Å². The van der Waals surface area contributed by atoms with E-state index in [0.29, 0.717) is 5.69 Å². The van der Waals surface area contributed by atoms with Gasteiger partial charge in [-0.2, -0.15) is 8.42 Å². The molecule has 1 aromatic rings. The van der Waals surface area contributed by atoms with Crippen molar-refractivity contribution in [3.05, 3.63) is 29.3 Å². The van der Waals surface area contributed by atoms with Crippen molar-refractivity contribution in [3.63, 3.8) is 0 Å². The summed E-state index contributed by atoms with van der Waals surface area (Å²) in [5.74, 6) is 0. The Morgan fingerprint density at radius 3 is 2.28 bits per heavy atom. The quantitative estimate of drug-likeness (QED) is 0.643. The third kappa shape index (κ3) is 6.72. The molecule has 0 heterocycles. The summed E-state index contributed by atoms with van der Waals surface area (Å²) in [7, 11) is -3.87. The Bertz CT molecular complexity index is 473. The first-order valence-electron chi connectivity index (χ1n) is 5.22. The molecule has 0 amide bonds. The second-order valence-electron chi connectivity index (χ2n) is 4.07. The van der Waals surface area contributed by atoms with Gasteiger partial charge in [0.25, 0.3) is 0 Å². The fourth-order valence-electron chi connectivity index (χ4n) is 1.40. The van der Waals surface area contributed by atoms with Gasteiger partial charge in [0, 0.05) is 0 Å². The van der Waals surface area contributed by atoms with Gasteiger partial charge in [0.15, 0.2) is 0 Å². The number of benzene rings is 1. The number of aliphatic hydroxyl groups excluding tert-OH is 1. The first kappa shape index (κ1) is 17.9. The van der Waals surface area contributed by atoms with Crippen LogP contribution in [0.3, 0.4) is 0 Å². The molecule has 0 aliphatic rings. The normalized spacial score (nSPS) is 12.7. The van der Waals surface area contributed by atoms with Gasteiger partial charge >= 0.3 is 39.9 Å². The Hall–Kier alpha value is -0.110. The van der Waals surface area contributed by atoms with Crippen LogP contribution in [0.5, 0.6) is 0 Å². The summed E-state index contributed by atoms with van der Waals surface area (Å²) in [5, 5.41) is 8.95. The van der Waals surface area contributed by atoms with Crippen LogP contribution in [0.2, 0.25) is 0 Å². The molecule has 0 saturated carbocycles. The number of hydrogen-bond donors (Lipinski definition) is 2. The Kier molecular flexibility index (Phi) is 7.43. The zero-order valence-electron chi connectivity index (χ0n) is 12.1. The molecule has 98 valence electrons. The number of hydrogen-bond acceptors (Lipinski definition) is 4. The van der Waals surface area contributed by atoms with Crippen molar-refractivity contribution in [2.75, 3.05) is 11.3 Å². The Labute approximate surface area is 132 Å². The fourth-order valence-corrected chi connectivity index (χ4v) is 2.24. The van der Waals surface area contributed by atoms with E-state index >= 15 is 0 Å². The van der Waals surface area contributed by atoms with E-state index in [1.54, 1.807) is 12.1 Å². The predicted octanol–water partition coefficient (Wildman–Crippen LogP) is -1.53. The van der Waals surface area contributed by atoms with E-state index in [1.165, 1.54) is 6.92 Å². The third-order valence-electron chi connectivity index (χ3n) is 1.93. The van der Waals surface area contributed by atoms with Crippen LogP contribution in [0.25, 0.3) is 0 Å². The third-order valence-corrected chi connectivity index (χ3v) is 2.86. The van der Waals surface area contributed by atoms with E-state index in [4.69, 9.17) is 5.11 Å². The monoisotopic (exact) mass is 283 g/mol. The van der Waals surface area contributed by atoms with Gasteiger partial charge in [0.05, 0.1) is 18.4 Å². The van der Waals surface area contributed by atoms with Crippen LogP contribution in [-0.2, 0) is 14.5 Å². The molecule has 0 aliphatic heterocycles. The van der Waals surface area contributed by atoms with Crippen molar-refractivity contribution in [2.24, 2.45) is 0 Å². The van der Waals surface area contributed by atoms with Gasteiger partial charge in [-0.1, -0.05) is 6.07 Å². The molecular weight excluding hydrogens is 265 g/mol. The molecule has 2 N–H and O–H groups in total. The van der Waals surface area contributed by atoms with Crippen LogP contribution in [0.4, 0.5) is 5.69 Å². The van der Waals surface area contributed by atoms with Crippen LogP contribution in [0, 0.1) is 13.8 Å². The summed E-state index contributed by atoms with van der Waals surface area (Å²) >= 11 is 0. The van der Waals surface area contributed by atoms with Crippen molar-refractivity contribution in [3.8, 4) is 0 Å². The van der Waals surface area contributed by atoms with E-state index in [-0.39, 0.29) is 37.6 Å². The summed E-state index contributed by atoms with van der Waals surface area (Å²) < 4.78 is 29.8. The minimum Gasteiger partial charge on any atom is -1.00 e. The number of aryl methyl sites for hydroxylation is 2. The zero-order valence-corrected chi connectivity index (χ0v) is 13.9. The minimum atomic E-state index is -3.87. The molecule has 7 heteroatoms. The van der Waals surface area contributed by atoms with Crippen LogP contribution in [0.1, 0.15) is 19.5 Å². The molecule has 1 atom stereocenters. The van der Waals surface area contributed by atoms with Gasteiger partial charge in [-0.25, -0.2) is 0 Å². The molecule has 1 unspecified atom stereocenters. The van der Waals surface area contributed by atoms with Gasteiger partial charge in [-0.15, -0.1) is 0 Å². The number of aliphatic hydroxyl groups is 1. The molecule has 0 aliphatic carbocycles. The Morgan fingerprint density at radius 2 is 1.83 bits per heavy atom. The second-order valence-corrected chi connectivity index (χ2v) is 5.41. The molecule has 1 aromatic carbocycles. The van der Waals surface area contributed by atoms with E-state index in [0.717, 1.165) is 11.1 Å². The van der Waals surface area contributed by atoms with Gasteiger partial charge in [-0.3, -0.25) is 8.91 Å². The van der Waals surface area contributed by atoms with Crippen molar-refractivity contribution in [1.29, 1.82) is 0 Å². The van der Waals surface area contributed by atoms with Crippen LogP contribution in [0.15, 0.2) is 18.2 Å². The standard InChI is InChI=1S/C11H17NO4S.Na.H/c1-8-4-9(2)6-11(5-8)12-17(14,15)16-7-10(3)13;;/h4-6,10,12-13H,7H2,1-3H3;;/q;+1;-1. The van der Waals surface area contributed by atoms with Crippen LogP contribution >= 0.6 is 0 Å². The summed E-state index contributed by atoms with van der Waals surface area (Å²) in [6.45, 7) is 4.94. The SMILES string of the molecule is Cc1cc(C)cc(NS(=O)(=O)OCC(C)O)c1.[H-].[Na+]. The fraction of sp³-hybridized carbons (Fsp3) is 0.455. The molecule has 0 bridgehead atoms. The Morgan fingerprint density at radius 1 is 1.33 bits per heavy atom. The maximum absolute atomic E-state index is 11.5. The van der Waals surface area contributed by atoms with Crippen LogP contribution in [-0.4, -0.2) is 26.2 Å². The number of rotatable bonds is 5. The maximum Gasteiger partial charge on any atom is 1.00 e. The predicted molar refractivity (Wildman–Crippen MR) is 67.2 cm³/mol. The average Bonchev–Trinajstić information content (AvgIpc) is 2.12. The molecule has 5 nitrogen and oxygen atoms in total. The molecule has 0 radical (unpaired) electrons. The van der Waals surface area contributed by atoms with Gasteiger partial charge in [0.1, 0.15) is 0 Å². The largest absolute Gasteiger partial charge is 1.00 e.